The van der Waals surface area contributed by atoms with Crippen LogP contribution in [0.3, 0.4) is 0 Å². The molecule has 0 spiro atoms. The lowest BCUT2D eigenvalue weighted by Gasteiger charge is -2.17. The van der Waals surface area contributed by atoms with Crippen molar-refractivity contribution in [3.05, 3.63) is 35.4 Å². The number of amides is 2. The average Bonchev–Trinajstić information content (AvgIpc) is 2.49. The van der Waals surface area contributed by atoms with Gasteiger partial charge in [-0.05, 0) is 18.6 Å². The lowest BCUT2D eigenvalue weighted by molar-refractivity contribution is -0.137. The van der Waals surface area contributed by atoms with Crippen LogP contribution in [0.25, 0.3) is 0 Å². The average molecular weight is 330 g/mol. The van der Waals surface area contributed by atoms with E-state index < -0.39 is 35.2 Å². The van der Waals surface area contributed by atoms with Crippen LogP contribution in [-0.4, -0.2) is 17.9 Å². The lowest BCUT2D eigenvalue weighted by atomic mass is 10.0. The number of hydrogen-bond donors (Lipinski definition) is 2. The van der Waals surface area contributed by atoms with Gasteiger partial charge in [0.15, 0.2) is 0 Å². The number of hydrogen-bond acceptors (Lipinski definition) is 2. The molecule has 0 aliphatic carbocycles. The van der Waals surface area contributed by atoms with Crippen LogP contribution in [0, 0.1) is 0 Å². The van der Waals surface area contributed by atoms with Gasteiger partial charge in [-0.15, -0.1) is 0 Å². The minimum absolute atomic E-state index is 0.315. The largest absolute Gasteiger partial charge is 0.417 e. The third-order valence-electron chi connectivity index (χ3n) is 3.47. The summed E-state index contributed by atoms with van der Waals surface area (Å²) in [6.45, 7) is 2.03. The van der Waals surface area contributed by atoms with E-state index in [1.165, 1.54) is 12.1 Å². The minimum Gasteiger partial charge on any atom is -0.368 e. The van der Waals surface area contributed by atoms with Crippen LogP contribution in [0.15, 0.2) is 24.3 Å². The Hall–Kier alpha value is -2.05. The molecule has 0 radical (unpaired) electrons. The molecule has 1 rings (SSSR count). The lowest BCUT2D eigenvalue weighted by Crippen LogP contribution is -2.44. The minimum atomic E-state index is -4.64. The van der Waals surface area contributed by atoms with Gasteiger partial charge in [-0.2, -0.15) is 13.2 Å². The molecule has 1 atom stereocenters. The fourth-order valence-corrected chi connectivity index (χ4v) is 2.23. The summed E-state index contributed by atoms with van der Waals surface area (Å²) >= 11 is 0. The summed E-state index contributed by atoms with van der Waals surface area (Å²) in [4.78, 5) is 23.5. The Morgan fingerprint density at radius 3 is 2.39 bits per heavy atom. The molecule has 0 fully saturated rings. The third-order valence-corrected chi connectivity index (χ3v) is 3.47. The molecule has 128 valence electrons. The quantitative estimate of drug-likeness (QED) is 0.718. The smallest absolute Gasteiger partial charge is 0.368 e. The highest BCUT2D eigenvalue weighted by Crippen LogP contribution is 2.31. The monoisotopic (exact) mass is 330 g/mol. The van der Waals surface area contributed by atoms with E-state index in [0.717, 1.165) is 31.4 Å². The number of halogens is 3. The van der Waals surface area contributed by atoms with Crippen LogP contribution in [0.1, 0.15) is 54.9 Å². The Balaban J connectivity index is 2.82. The summed E-state index contributed by atoms with van der Waals surface area (Å²) in [5.41, 5.74) is 3.68. The number of alkyl halides is 3. The molecule has 0 saturated heterocycles. The molecule has 0 aromatic heterocycles. The van der Waals surface area contributed by atoms with Gasteiger partial charge < -0.3 is 11.1 Å². The number of nitrogens with two attached hydrogens (primary N) is 1. The van der Waals surface area contributed by atoms with Crippen molar-refractivity contribution in [1.29, 1.82) is 0 Å². The van der Waals surface area contributed by atoms with E-state index in [9.17, 15) is 22.8 Å². The van der Waals surface area contributed by atoms with E-state index in [4.69, 9.17) is 5.73 Å². The van der Waals surface area contributed by atoms with Gasteiger partial charge in [0.2, 0.25) is 5.91 Å². The molecule has 1 aromatic carbocycles. The van der Waals surface area contributed by atoms with E-state index in [1.54, 1.807) is 0 Å². The maximum absolute atomic E-state index is 12.9. The maximum atomic E-state index is 12.9. The van der Waals surface area contributed by atoms with E-state index in [0.29, 0.717) is 12.8 Å². The number of carbonyl (C=O) groups excluding carboxylic acids is 2. The zero-order chi connectivity index (χ0) is 17.5. The van der Waals surface area contributed by atoms with Crippen molar-refractivity contribution in [2.75, 3.05) is 0 Å². The SMILES string of the molecule is CCCCCC[C@H](NC(=O)c1ccccc1C(F)(F)F)C(N)=O. The molecule has 0 aliphatic rings. The number of carbonyl (C=O) groups is 2. The highest BCUT2D eigenvalue weighted by atomic mass is 19.4. The van der Waals surface area contributed by atoms with Gasteiger partial charge in [0.25, 0.3) is 5.91 Å². The maximum Gasteiger partial charge on any atom is 0.417 e. The summed E-state index contributed by atoms with van der Waals surface area (Å²) in [6.07, 6.45) is -0.798. The zero-order valence-corrected chi connectivity index (χ0v) is 13.0. The number of primary amides is 1. The first kappa shape index (κ1) is 19.0. The number of nitrogens with one attached hydrogen (secondary N) is 1. The first-order valence-electron chi connectivity index (χ1n) is 7.53. The van der Waals surface area contributed by atoms with Crippen molar-refractivity contribution in [2.45, 2.75) is 51.2 Å². The van der Waals surface area contributed by atoms with Gasteiger partial charge in [-0.25, -0.2) is 0 Å². The summed E-state index contributed by atoms with van der Waals surface area (Å²) < 4.78 is 38.8. The number of benzene rings is 1. The van der Waals surface area contributed by atoms with Crippen LogP contribution < -0.4 is 11.1 Å². The van der Waals surface area contributed by atoms with Crippen LogP contribution in [0.4, 0.5) is 13.2 Å². The van der Waals surface area contributed by atoms with Crippen LogP contribution in [0.5, 0.6) is 0 Å². The molecule has 0 saturated carbocycles. The molecular weight excluding hydrogens is 309 g/mol. The van der Waals surface area contributed by atoms with Crippen molar-refractivity contribution in [3.63, 3.8) is 0 Å². The Labute approximate surface area is 133 Å². The third kappa shape index (κ3) is 5.92. The molecule has 0 bridgehead atoms. The first-order chi connectivity index (χ1) is 10.8. The number of unbranched alkanes of at least 4 members (excludes halogenated alkanes) is 3. The molecule has 23 heavy (non-hydrogen) atoms. The van der Waals surface area contributed by atoms with E-state index >= 15 is 0 Å². The van der Waals surface area contributed by atoms with Gasteiger partial charge >= 0.3 is 6.18 Å². The van der Waals surface area contributed by atoms with Crippen LogP contribution >= 0.6 is 0 Å². The summed E-state index contributed by atoms with van der Waals surface area (Å²) in [7, 11) is 0. The summed E-state index contributed by atoms with van der Waals surface area (Å²) in [6, 6.07) is 3.48. The first-order valence-corrected chi connectivity index (χ1v) is 7.53. The molecule has 4 nitrogen and oxygen atoms in total. The molecule has 1 aromatic rings. The van der Waals surface area contributed by atoms with Crippen LogP contribution in [-0.2, 0) is 11.0 Å². The topological polar surface area (TPSA) is 72.2 Å². The van der Waals surface area contributed by atoms with E-state index in [1.807, 2.05) is 6.92 Å². The highest BCUT2D eigenvalue weighted by molar-refractivity contribution is 5.98. The second-order valence-electron chi connectivity index (χ2n) is 5.32. The molecule has 0 unspecified atom stereocenters. The van der Waals surface area contributed by atoms with Crippen molar-refractivity contribution in [1.82, 2.24) is 5.32 Å². The molecule has 0 aliphatic heterocycles. The van der Waals surface area contributed by atoms with Gasteiger partial charge in [0.1, 0.15) is 6.04 Å². The fourth-order valence-electron chi connectivity index (χ4n) is 2.23. The van der Waals surface area contributed by atoms with Crippen molar-refractivity contribution >= 4 is 11.8 Å². The zero-order valence-electron chi connectivity index (χ0n) is 13.0. The normalized spacial score (nSPS) is 12.7. The second kappa shape index (κ2) is 8.55. The predicted octanol–water partition coefficient (Wildman–Crippen LogP) is 3.26. The number of rotatable bonds is 8. The Morgan fingerprint density at radius 1 is 1.17 bits per heavy atom. The summed E-state index contributed by atoms with van der Waals surface area (Å²) in [5, 5.41) is 2.31. The van der Waals surface area contributed by atoms with Crippen molar-refractivity contribution < 1.29 is 22.8 Å². The molecule has 0 heterocycles. The van der Waals surface area contributed by atoms with Gasteiger partial charge in [0, 0.05) is 0 Å². The van der Waals surface area contributed by atoms with Gasteiger partial charge in [-0.3, -0.25) is 9.59 Å². The standard InChI is InChI=1S/C16H21F3N2O2/c1-2-3-4-5-10-13(14(20)22)21-15(23)11-8-6-7-9-12(11)16(17,18)19/h6-9,13H,2-5,10H2,1H3,(H2,20,22)(H,21,23)/t13-/m0/s1. The van der Waals surface area contributed by atoms with Crippen LogP contribution in [0.2, 0.25) is 0 Å². The Kier molecular flexibility index (Phi) is 7.06. The van der Waals surface area contributed by atoms with Gasteiger partial charge in [-0.1, -0.05) is 44.7 Å². The Bertz CT molecular complexity index is 544. The van der Waals surface area contributed by atoms with Crippen molar-refractivity contribution in [3.8, 4) is 0 Å². The predicted molar refractivity (Wildman–Crippen MR) is 80.7 cm³/mol. The fraction of sp³-hybridized carbons (Fsp3) is 0.500. The van der Waals surface area contributed by atoms with E-state index in [2.05, 4.69) is 5.32 Å². The molecule has 7 heteroatoms. The van der Waals surface area contributed by atoms with Gasteiger partial charge in [0.05, 0.1) is 11.1 Å². The molecular formula is C16H21F3N2O2. The Morgan fingerprint density at radius 2 is 1.83 bits per heavy atom. The molecule has 3 N–H and O–H groups in total. The van der Waals surface area contributed by atoms with Crippen molar-refractivity contribution in [2.24, 2.45) is 5.73 Å². The van der Waals surface area contributed by atoms with E-state index in [-0.39, 0.29) is 0 Å². The summed E-state index contributed by atoms with van der Waals surface area (Å²) in [5.74, 6) is -1.70. The second-order valence-corrected chi connectivity index (χ2v) is 5.32. The highest BCUT2D eigenvalue weighted by Gasteiger charge is 2.35. The molecule has 2 amide bonds.